The molecular weight excluding hydrogens is 266 g/mol. The Balaban J connectivity index is 2.28. The largest absolute Gasteiger partial charge is 0.378 e. The molecule has 106 valence electrons. The van der Waals surface area contributed by atoms with Crippen LogP contribution in [0.3, 0.4) is 0 Å². The molecule has 0 aromatic heterocycles. The molecule has 2 aromatic carbocycles. The number of aryl methyl sites for hydroxylation is 4. The summed E-state index contributed by atoms with van der Waals surface area (Å²) in [5.74, 6) is 0. The first kappa shape index (κ1) is 14.9. The third kappa shape index (κ3) is 3.16. The van der Waals surface area contributed by atoms with Crippen molar-refractivity contribution in [2.75, 3.05) is 5.32 Å². The van der Waals surface area contributed by atoms with E-state index in [2.05, 4.69) is 52.1 Å². The summed E-state index contributed by atoms with van der Waals surface area (Å²) in [5.41, 5.74) is 7.68. The predicted molar refractivity (Wildman–Crippen MR) is 88.9 cm³/mol. The maximum atomic E-state index is 6.01. The molecule has 0 radical (unpaired) electrons. The normalized spacial score (nSPS) is 12.3. The second-order valence-corrected chi connectivity index (χ2v) is 6.05. The molecule has 0 amide bonds. The average molecular weight is 288 g/mol. The van der Waals surface area contributed by atoms with Crippen LogP contribution in [0, 0.1) is 27.7 Å². The number of halogens is 1. The standard InChI is InChI=1S/C18H22ClN/c1-11-8-13(3)17(10-12(11)2)15(5)20-18-7-6-16(19)9-14(18)4/h6-10,15,20H,1-5H3. The van der Waals surface area contributed by atoms with Crippen molar-refractivity contribution in [3.05, 3.63) is 63.2 Å². The van der Waals surface area contributed by atoms with Crippen LogP contribution in [0.1, 0.15) is 40.8 Å². The van der Waals surface area contributed by atoms with Gasteiger partial charge >= 0.3 is 0 Å². The lowest BCUT2D eigenvalue weighted by Crippen LogP contribution is -2.10. The van der Waals surface area contributed by atoms with Crippen LogP contribution in [0.25, 0.3) is 0 Å². The van der Waals surface area contributed by atoms with Crippen LogP contribution in [-0.2, 0) is 0 Å². The molecule has 0 saturated heterocycles. The van der Waals surface area contributed by atoms with Gasteiger partial charge in [0.05, 0.1) is 0 Å². The van der Waals surface area contributed by atoms with Gasteiger partial charge in [-0.2, -0.15) is 0 Å². The molecule has 1 N–H and O–H groups in total. The Morgan fingerprint density at radius 2 is 1.50 bits per heavy atom. The smallest absolute Gasteiger partial charge is 0.0488 e. The lowest BCUT2D eigenvalue weighted by atomic mass is 9.96. The van der Waals surface area contributed by atoms with Gasteiger partial charge in [0.15, 0.2) is 0 Å². The molecule has 0 heterocycles. The van der Waals surface area contributed by atoms with E-state index in [1.807, 2.05) is 18.2 Å². The van der Waals surface area contributed by atoms with Gasteiger partial charge in [-0.05, 0) is 80.6 Å². The van der Waals surface area contributed by atoms with Gasteiger partial charge in [-0.15, -0.1) is 0 Å². The van der Waals surface area contributed by atoms with Gasteiger partial charge in [0.25, 0.3) is 0 Å². The lowest BCUT2D eigenvalue weighted by molar-refractivity contribution is 0.868. The maximum absolute atomic E-state index is 6.01. The van der Waals surface area contributed by atoms with Gasteiger partial charge in [0, 0.05) is 16.8 Å². The fourth-order valence-electron chi connectivity index (χ4n) is 2.55. The minimum Gasteiger partial charge on any atom is -0.378 e. The van der Waals surface area contributed by atoms with Crippen LogP contribution < -0.4 is 5.32 Å². The summed E-state index contributed by atoms with van der Waals surface area (Å²) in [6, 6.07) is 10.8. The Hall–Kier alpha value is -1.47. The molecule has 2 rings (SSSR count). The maximum Gasteiger partial charge on any atom is 0.0488 e. The first-order valence-electron chi connectivity index (χ1n) is 6.99. The van der Waals surface area contributed by atoms with E-state index in [9.17, 15) is 0 Å². The second kappa shape index (κ2) is 5.88. The summed E-state index contributed by atoms with van der Waals surface area (Å²) < 4.78 is 0. The number of nitrogens with one attached hydrogen (secondary N) is 1. The summed E-state index contributed by atoms with van der Waals surface area (Å²) in [7, 11) is 0. The Bertz CT molecular complexity index is 632. The molecule has 0 aliphatic heterocycles. The van der Waals surface area contributed by atoms with Crippen LogP contribution >= 0.6 is 11.6 Å². The quantitative estimate of drug-likeness (QED) is 0.758. The second-order valence-electron chi connectivity index (χ2n) is 5.62. The van der Waals surface area contributed by atoms with Gasteiger partial charge in [-0.1, -0.05) is 23.7 Å². The van der Waals surface area contributed by atoms with Crippen LogP contribution in [0.4, 0.5) is 5.69 Å². The Labute approximate surface area is 127 Å². The van der Waals surface area contributed by atoms with Gasteiger partial charge < -0.3 is 5.32 Å². The zero-order valence-corrected chi connectivity index (χ0v) is 13.6. The van der Waals surface area contributed by atoms with Gasteiger partial charge in [-0.25, -0.2) is 0 Å². The summed E-state index contributed by atoms with van der Waals surface area (Å²) in [6.07, 6.45) is 0. The van der Waals surface area contributed by atoms with Crippen molar-refractivity contribution in [2.45, 2.75) is 40.7 Å². The molecule has 1 unspecified atom stereocenters. The molecule has 2 aromatic rings. The highest BCUT2D eigenvalue weighted by atomic mass is 35.5. The fourth-order valence-corrected chi connectivity index (χ4v) is 2.78. The Kier molecular flexibility index (Phi) is 4.39. The lowest BCUT2D eigenvalue weighted by Gasteiger charge is -2.20. The van der Waals surface area contributed by atoms with Crippen molar-refractivity contribution in [1.29, 1.82) is 0 Å². The number of benzene rings is 2. The zero-order chi connectivity index (χ0) is 14.9. The van der Waals surface area contributed by atoms with Gasteiger partial charge in [0.1, 0.15) is 0 Å². The van der Waals surface area contributed by atoms with Crippen LogP contribution in [0.2, 0.25) is 5.02 Å². The van der Waals surface area contributed by atoms with Crippen LogP contribution in [-0.4, -0.2) is 0 Å². The number of hydrogen-bond donors (Lipinski definition) is 1. The number of hydrogen-bond acceptors (Lipinski definition) is 1. The van der Waals surface area contributed by atoms with E-state index in [0.29, 0.717) is 0 Å². The topological polar surface area (TPSA) is 12.0 Å². The monoisotopic (exact) mass is 287 g/mol. The summed E-state index contributed by atoms with van der Waals surface area (Å²) in [4.78, 5) is 0. The van der Waals surface area contributed by atoms with Crippen LogP contribution in [0.5, 0.6) is 0 Å². The Morgan fingerprint density at radius 3 is 2.15 bits per heavy atom. The molecule has 0 spiro atoms. The molecule has 0 aliphatic rings. The molecule has 1 nitrogen and oxygen atoms in total. The van der Waals surface area contributed by atoms with Crippen LogP contribution in [0.15, 0.2) is 30.3 Å². The van der Waals surface area contributed by atoms with E-state index in [1.165, 1.54) is 27.8 Å². The third-order valence-electron chi connectivity index (χ3n) is 3.91. The van der Waals surface area contributed by atoms with Crippen molar-refractivity contribution in [1.82, 2.24) is 0 Å². The first-order valence-corrected chi connectivity index (χ1v) is 7.36. The summed E-state index contributed by atoms with van der Waals surface area (Å²) in [6.45, 7) is 10.8. The molecule has 20 heavy (non-hydrogen) atoms. The first-order chi connectivity index (χ1) is 9.38. The zero-order valence-electron chi connectivity index (χ0n) is 12.8. The van der Waals surface area contributed by atoms with E-state index in [4.69, 9.17) is 11.6 Å². The number of anilines is 1. The third-order valence-corrected chi connectivity index (χ3v) is 4.14. The summed E-state index contributed by atoms with van der Waals surface area (Å²) >= 11 is 6.01. The fraction of sp³-hybridized carbons (Fsp3) is 0.333. The van der Waals surface area contributed by atoms with Gasteiger partial charge in [0.2, 0.25) is 0 Å². The average Bonchev–Trinajstić information content (AvgIpc) is 2.37. The molecular formula is C18H22ClN. The van der Waals surface area contributed by atoms with Crippen molar-refractivity contribution in [2.24, 2.45) is 0 Å². The molecule has 2 heteroatoms. The highest BCUT2D eigenvalue weighted by Gasteiger charge is 2.11. The minimum absolute atomic E-state index is 0.272. The SMILES string of the molecule is Cc1cc(C)c(C(C)Nc2ccc(Cl)cc2C)cc1C. The van der Waals surface area contributed by atoms with E-state index >= 15 is 0 Å². The van der Waals surface area contributed by atoms with Crippen molar-refractivity contribution in [3.63, 3.8) is 0 Å². The van der Waals surface area contributed by atoms with E-state index < -0.39 is 0 Å². The van der Waals surface area contributed by atoms with E-state index in [1.54, 1.807) is 0 Å². The highest BCUT2D eigenvalue weighted by Crippen LogP contribution is 2.27. The molecule has 0 fully saturated rings. The molecule has 0 bridgehead atoms. The van der Waals surface area contributed by atoms with Crippen molar-refractivity contribution < 1.29 is 0 Å². The highest BCUT2D eigenvalue weighted by molar-refractivity contribution is 6.30. The van der Waals surface area contributed by atoms with Crippen molar-refractivity contribution in [3.8, 4) is 0 Å². The molecule has 1 atom stereocenters. The number of rotatable bonds is 3. The Morgan fingerprint density at radius 1 is 0.850 bits per heavy atom. The molecule has 0 aliphatic carbocycles. The molecule has 0 saturated carbocycles. The van der Waals surface area contributed by atoms with Crippen molar-refractivity contribution >= 4 is 17.3 Å². The minimum atomic E-state index is 0.272. The van der Waals surface area contributed by atoms with E-state index in [-0.39, 0.29) is 6.04 Å². The van der Waals surface area contributed by atoms with Gasteiger partial charge in [-0.3, -0.25) is 0 Å². The predicted octanol–water partition coefficient (Wildman–Crippen LogP) is 5.75. The summed E-state index contributed by atoms with van der Waals surface area (Å²) in [5, 5.41) is 4.36. The van der Waals surface area contributed by atoms with E-state index in [0.717, 1.165) is 10.7 Å².